The second-order valence-corrected chi connectivity index (χ2v) is 8.11. The molecule has 0 fully saturated rings. The number of hydrogen-bond donors (Lipinski definition) is 1. The van der Waals surface area contributed by atoms with Crippen LogP contribution in [0.25, 0.3) is 0 Å². The van der Waals surface area contributed by atoms with Crippen LogP contribution in [0.1, 0.15) is 37.6 Å². The zero-order chi connectivity index (χ0) is 20.8. The summed E-state index contributed by atoms with van der Waals surface area (Å²) in [5.74, 6) is 1.30. The summed E-state index contributed by atoms with van der Waals surface area (Å²) in [7, 11) is 1.69. The van der Waals surface area contributed by atoms with Gasteiger partial charge in [-0.1, -0.05) is 32.0 Å². The minimum Gasteiger partial charge on any atom is -0.497 e. The van der Waals surface area contributed by atoms with Crippen molar-refractivity contribution in [1.29, 1.82) is 0 Å². The highest BCUT2D eigenvalue weighted by Gasteiger charge is 2.23. The van der Waals surface area contributed by atoms with Crippen LogP contribution in [0.2, 0.25) is 0 Å². The van der Waals surface area contributed by atoms with Crippen LogP contribution in [-0.2, 0) is 19.6 Å². The topological polar surface area (TPSA) is 18.6 Å². The van der Waals surface area contributed by atoms with E-state index in [-0.39, 0.29) is 5.82 Å². The predicted octanol–water partition coefficient (Wildman–Crippen LogP) is 4.31. The first-order valence-corrected chi connectivity index (χ1v) is 10.3. The first-order valence-electron chi connectivity index (χ1n) is 10.3. The van der Waals surface area contributed by atoms with Gasteiger partial charge in [0.05, 0.1) is 25.4 Å². The van der Waals surface area contributed by atoms with Crippen LogP contribution in [0.4, 0.5) is 4.39 Å². The Balaban J connectivity index is 1.79. The maximum atomic E-state index is 14.1. The molecular weight excluding hydrogens is 363 g/mol. The average molecular weight is 396 g/mol. The van der Waals surface area contributed by atoms with E-state index in [0.717, 1.165) is 24.4 Å². The van der Waals surface area contributed by atoms with Crippen LogP contribution in [-0.4, -0.2) is 17.7 Å². The Labute approximate surface area is 173 Å². The number of benzene rings is 2. The van der Waals surface area contributed by atoms with Gasteiger partial charge in [0.15, 0.2) is 0 Å². The standard InChI is InChI=1S/C25H31FN2O/c1-19(2)20(3)28(16-21-11-13-24(29-4)14-12-21)18-23-9-7-15-27(23)17-22-8-5-6-10-25(22)26/h5-15,19-20H,16-18H2,1-4H3/p+1/t20-/m0/s1. The van der Waals surface area contributed by atoms with Crippen molar-refractivity contribution in [1.82, 2.24) is 4.57 Å². The van der Waals surface area contributed by atoms with E-state index >= 15 is 0 Å². The molecule has 4 heteroatoms. The molecule has 3 nitrogen and oxygen atoms in total. The third-order valence-electron chi connectivity index (χ3n) is 5.86. The van der Waals surface area contributed by atoms with Crippen LogP contribution in [0.3, 0.4) is 0 Å². The van der Waals surface area contributed by atoms with Crippen molar-refractivity contribution in [2.75, 3.05) is 7.11 Å². The molecule has 1 unspecified atom stereocenters. The normalized spacial score (nSPS) is 13.4. The van der Waals surface area contributed by atoms with E-state index in [4.69, 9.17) is 4.74 Å². The molecule has 1 heterocycles. The number of methoxy groups -OCH3 is 1. The fraction of sp³-hybridized carbons (Fsp3) is 0.360. The van der Waals surface area contributed by atoms with Crippen molar-refractivity contribution in [3.63, 3.8) is 0 Å². The number of rotatable bonds is 9. The van der Waals surface area contributed by atoms with Gasteiger partial charge in [0.25, 0.3) is 0 Å². The lowest BCUT2D eigenvalue weighted by atomic mass is 10.0. The number of halogens is 1. The van der Waals surface area contributed by atoms with Crippen molar-refractivity contribution in [3.05, 3.63) is 89.5 Å². The minimum absolute atomic E-state index is 0.148. The molecule has 3 aromatic rings. The summed E-state index contributed by atoms with van der Waals surface area (Å²) < 4.78 is 21.6. The first-order chi connectivity index (χ1) is 14.0. The van der Waals surface area contributed by atoms with E-state index in [0.29, 0.717) is 18.5 Å². The Morgan fingerprint density at radius 3 is 2.31 bits per heavy atom. The van der Waals surface area contributed by atoms with E-state index in [1.165, 1.54) is 22.2 Å². The SMILES string of the molecule is COc1ccc(C[NH+](Cc2cccn2Cc2ccccc2F)[C@@H](C)C(C)C)cc1. The first kappa shape index (κ1) is 21.1. The third-order valence-corrected chi connectivity index (χ3v) is 5.86. The van der Waals surface area contributed by atoms with Gasteiger partial charge in [-0.25, -0.2) is 4.39 Å². The molecule has 0 spiro atoms. The van der Waals surface area contributed by atoms with Gasteiger partial charge >= 0.3 is 0 Å². The summed E-state index contributed by atoms with van der Waals surface area (Å²) >= 11 is 0. The van der Waals surface area contributed by atoms with Gasteiger partial charge in [-0.05, 0) is 49.4 Å². The maximum Gasteiger partial charge on any atom is 0.128 e. The summed E-state index contributed by atoms with van der Waals surface area (Å²) in [6.45, 7) is 9.25. The Kier molecular flexibility index (Phi) is 7.10. The molecular formula is C25H32FN2O+. The monoisotopic (exact) mass is 395 g/mol. The number of quaternary nitrogens is 1. The van der Waals surface area contributed by atoms with Crippen LogP contribution < -0.4 is 9.64 Å². The zero-order valence-corrected chi connectivity index (χ0v) is 17.9. The van der Waals surface area contributed by atoms with Crippen molar-refractivity contribution < 1.29 is 14.0 Å². The van der Waals surface area contributed by atoms with Crippen molar-refractivity contribution in [2.24, 2.45) is 5.92 Å². The lowest BCUT2D eigenvalue weighted by Crippen LogP contribution is -3.13. The largest absolute Gasteiger partial charge is 0.497 e. The van der Waals surface area contributed by atoms with Gasteiger partial charge in [0.1, 0.15) is 24.7 Å². The lowest BCUT2D eigenvalue weighted by molar-refractivity contribution is -0.954. The Morgan fingerprint density at radius 1 is 0.931 bits per heavy atom. The predicted molar refractivity (Wildman–Crippen MR) is 116 cm³/mol. The number of nitrogens with zero attached hydrogens (tertiary/aromatic N) is 1. The average Bonchev–Trinajstić information content (AvgIpc) is 3.15. The molecule has 0 radical (unpaired) electrons. The highest BCUT2D eigenvalue weighted by molar-refractivity contribution is 5.26. The summed E-state index contributed by atoms with van der Waals surface area (Å²) in [6, 6.07) is 20.1. The number of aromatic nitrogens is 1. The molecule has 0 aliphatic rings. The van der Waals surface area contributed by atoms with E-state index in [1.807, 2.05) is 30.5 Å². The van der Waals surface area contributed by atoms with Gasteiger partial charge < -0.3 is 14.2 Å². The van der Waals surface area contributed by atoms with Gasteiger partial charge in [-0.15, -0.1) is 0 Å². The highest BCUT2D eigenvalue weighted by Crippen LogP contribution is 2.13. The van der Waals surface area contributed by atoms with Crippen LogP contribution >= 0.6 is 0 Å². The van der Waals surface area contributed by atoms with Gasteiger partial charge in [-0.3, -0.25) is 0 Å². The van der Waals surface area contributed by atoms with Crippen LogP contribution in [0.15, 0.2) is 66.9 Å². The number of nitrogens with one attached hydrogen (secondary N) is 1. The summed E-state index contributed by atoms with van der Waals surface area (Å²) in [6.07, 6.45) is 2.05. The Morgan fingerprint density at radius 2 is 1.66 bits per heavy atom. The molecule has 2 atom stereocenters. The highest BCUT2D eigenvalue weighted by atomic mass is 19.1. The molecule has 3 rings (SSSR count). The summed E-state index contributed by atoms with van der Waals surface area (Å²) in [5.41, 5.74) is 3.24. The molecule has 1 N–H and O–H groups in total. The molecule has 0 aliphatic heterocycles. The summed E-state index contributed by atoms with van der Waals surface area (Å²) in [5, 5.41) is 0. The molecule has 0 amide bonds. The third kappa shape index (κ3) is 5.48. The van der Waals surface area contributed by atoms with Gasteiger partial charge in [0, 0.05) is 23.2 Å². The fourth-order valence-corrected chi connectivity index (χ4v) is 3.67. The molecule has 0 bridgehead atoms. The number of hydrogen-bond acceptors (Lipinski definition) is 1. The van der Waals surface area contributed by atoms with E-state index in [2.05, 4.69) is 49.6 Å². The Bertz CT molecular complexity index is 901. The maximum absolute atomic E-state index is 14.1. The van der Waals surface area contributed by atoms with Crippen LogP contribution in [0, 0.1) is 11.7 Å². The van der Waals surface area contributed by atoms with E-state index in [9.17, 15) is 4.39 Å². The molecule has 1 aromatic heterocycles. The quantitative estimate of drug-likeness (QED) is 0.572. The number of ether oxygens (including phenoxy) is 1. The van der Waals surface area contributed by atoms with E-state index in [1.54, 1.807) is 13.2 Å². The molecule has 29 heavy (non-hydrogen) atoms. The van der Waals surface area contributed by atoms with Crippen molar-refractivity contribution in [3.8, 4) is 5.75 Å². The van der Waals surface area contributed by atoms with Gasteiger partial charge in [-0.2, -0.15) is 0 Å². The van der Waals surface area contributed by atoms with Crippen molar-refractivity contribution in [2.45, 2.75) is 46.4 Å². The molecule has 154 valence electrons. The zero-order valence-electron chi connectivity index (χ0n) is 17.9. The Hall–Kier alpha value is -2.59. The second-order valence-electron chi connectivity index (χ2n) is 8.11. The fourth-order valence-electron chi connectivity index (χ4n) is 3.67. The smallest absolute Gasteiger partial charge is 0.128 e. The molecule has 2 aromatic carbocycles. The van der Waals surface area contributed by atoms with Crippen molar-refractivity contribution >= 4 is 0 Å². The molecule has 0 saturated carbocycles. The lowest BCUT2D eigenvalue weighted by Gasteiger charge is -2.29. The molecule has 0 aliphatic carbocycles. The molecule has 0 saturated heterocycles. The summed E-state index contributed by atoms with van der Waals surface area (Å²) in [4.78, 5) is 1.50. The minimum atomic E-state index is -0.148. The second kappa shape index (κ2) is 9.75. The van der Waals surface area contributed by atoms with Gasteiger partial charge in [0.2, 0.25) is 0 Å². The van der Waals surface area contributed by atoms with E-state index < -0.39 is 0 Å². The van der Waals surface area contributed by atoms with Crippen LogP contribution in [0.5, 0.6) is 5.75 Å².